The summed E-state index contributed by atoms with van der Waals surface area (Å²) in [5.74, 6) is -1.35. The summed E-state index contributed by atoms with van der Waals surface area (Å²) in [4.78, 5) is 10.6. The molecule has 94 valence electrons. The summed E-state index contributed by atoms with van der Waals surface area (Å²) < 4.78 is 22.8. The number of carbonyl (C=O) groups is 1. The van der Waals surface area contributed by atoms with Gasteiger partial charge in [0.25, 0.3) is 0 Å². The molecule has 1 rings (SSSR count). The normalized spacial score (nSPS) is 11.4. The van der Waals surface area contributed by atoms with E-state index in [2.05, 4.69) is 0 Å². The number of aryl methyl sites for hydroxylation is 1. The maximum atomic E-state index is 11.4. The molecule has 0 spiro atoms. The minimum Gasteiger partial charge on any atom is -0.478 e. The molecule has 0 aromatic heterocycles. The van der Waals surface area contributed by atoms with Gasteiger partial charge >= 0.3 is 5.97 Å². The molecule has 0 saturated heterocycles. The van der Waals surface area contributed by atoms with Gasteiger partial charge < -0.3 is 10.2 Å². The summed E-state index contributed by atoms with van der Waals surface area (Å²) in [7, 11) is -4.10. The van der Waals surface area contributed by atoms with Crippen LogP contribution in [0, 0.1) is 0 Å². The Bertz CT molecular complexity index is 523. The molecule has 0 heterocycles. The van der Waals surface area contributed by atoms with E-state index < -0.39 is 16.0 Å². The number of carboxylic acid groups (broad SMARTS) is 1. The molecule has 0 fully saturated rings. The molecule has 0 bridgehead atoms. The van der Waals surface area contributed by atoms with Crippen LogP contribution in [0.25, 0.3) is 0 Å². The smallest absolute Gasteiger partial charge is 0.337 e. The molecule has 17 heavy (non-hydrogen) atoms. The summed E-state index contributed by atoms with van der Waals surface area (Å²) in [6.45, 7) is -0.110. The number of nitrogens with two attached hydrogens (primary N) is 1. The van der Waals surface area contributed by atoms with Crippen LogP contribution in [0.3, 0.4) is 0 Å². The molecule has 0 amide bonds. The first-order chi connectivity index (χ1) is 7.88. The van der Waals surface area contributed by atoms with Crippen molar-refractivity contribution in [2.24, 2.45) is 5.14 Å². The third-order valence-corrected chi connectivity index (χ3v) is 3.27. The molecule has 6 nitrogen and oxygen atoms in total. The minimum atomic E-state index is -4.10. The van der Waals surface area contributed by atoms with Gasteiger partial charge in [-0.3, -0.25) is 0 Å². The van der Waals surface area contributed by atoms with E-state index in [9.17, 15) is 13.2 Å². The van der Waals surface area contributed by atoms with Crippen LogP contribution in [0.2, 0.25) is 0 Å². The van der Waals surface area contributed by atoms with Crippen molar-refractivity contribution in [2.45, 2.75) is 17.7 Å². The van der Waals surface area contributed by atoms with Crippen LogP contribution >= 0.6 is 0 Å². The number of hydrogen-bond acceptors (Lipinski definition) is 4. The lowest BCUT2D eigenvalue weighted by Gasteiger charge is -2.09. The average Bonchev–Trinajstić information content (AvgIpc) is 2.24. The van der Waals surface area contributed by atoms with Gasteiger partial charge in [-0.1, -0.05) is 12.1 Å². The lowest BCUT2D eigenvalue weighted by atomic mass is 10.1. The van der Waals surface area contributed by atoms with E-state index in [1.165, 1.54) is 18.2 Å². The molecule has 0 aliphatic rings. The number of sulfonamides is 1. The zero-order valence-corrected chi connectivity index (χ0v) is 9.77. The second kappa shape index (κ2) is 5.26. The van der Waals surface area contributed by atoms with Gasteiger partial charge in [-0.25, -0.2) is 18.4 Å². The molecule has 7 heteroatoms. The molecular formula is C10H13NO5S. The third-order valence-electron chi connectivity index (χ3n) is 2.22. The van der Waals surface area contributed by atoms with Gasteiger partial charge in [0, 0.05) is 6.61 Å². The van der Waals surface area contributed by atoms with Gasteiger partial charge in [-0.05, 0) is 24.5 Å². The summed E-state index contributed by atoms with van der Waals surface area (Å²) in [6, 6.07) is 4.12. The van der Waals surface area contributed by atoms with E-state index in [4.69, 9.17) is 15.4 Å². The highest BCUT2D eigenvalue weighted by atomic mass is 32.2. The molecule has 4 N–H and O–H groups in total. The van der Waals surface area contributed by atoms with Crippen LogP contribution in [0.15, 0.2) is 23.1 Å². The van der Waals surface area contributed by atoms with Crippen LogP contribution in [-0.4, -0.2) is 31.2 Å². The first-order valence-corrected chi connectivity index (χ1v) is 6.41. The van der Waals surface area contributed by atoms with E-state index in [0.717, 1.165) is 0 Å². The lowest BCUT2D eigenvalue weighted by molar-refractivity contribution is 0.0692. The number of benzene rings is 1. The molecule has 0 aliphatic carbocycles. The summed E-state index contributed by atoms with van der Waals surface area (Å²) >= 11 is 0. The van der Waals surface area contributed by atoms with Gasteiger partial charge in [-0.2, -0.15) is 0 Å². The van der Waals surface area contributed by atoms with Gasteiger partial charge in [0.1, 0.15) is 0 Å². The predicted octanol–water partition coefficient (Wildman–Crippen LogP) is -0.0429. The maximum absolute atomic E-state index is 11.4. The van der Waals surface area contributed by atoms with Gasteiger partial charge in [-0.15, -0.1) is 0 Å². The molecule has 0 unspecified atom stereocenters. The Morgan fingerprint density at radius 3 is 2.47 bits per heavy atom. The van der Waals surface area contributed by atoms with Gasteiger partial charge in [0.05, 0.1) is 10.5 Å². The van der Waals surface area contributed by atoms with Crippen molar-refractivity contribution in [2.75, 3.05) is 6.61 Å². The summed E-state index contributed by atoms with van der Waals surface area (Å²) in [6.07, 6.45) is 0.592. The van der Waals surface area contributed by atoms with E-state index in [-0.39, 0.29) is 23.5 Å². The number of aliphatic hydroxyl groups excluding tert-OH is 1. The highest BCUT2D eigenvalue weighted by Crippen LogP contribution is 2.21. The Morgan fingerprint density at radius 1 is 1.35 bits per heavy atom. The molecule has 1 aromatic carbocycles. The number of aromatic carboxylic acids is 1. The van der Waals surface area contributed by atoms with Crippen LogP contribution in [-0.2, 0) is 16.4 Å². The fourth-order valence-corrected chi connectivity index (χ4v) is 2.55. The Labute approximate surface area is 98.7 Å². The first kappa shape index (κ1) is 13.6. The Kier molecular flexibility index (Phi) is 4.22. The van der Waals surface area contributed by atoms with Crippen LogP contribution < -0.4 is 5.14 Å². The number of primary sulfonamides is 1. The second-order valence-corrected chi connectivity index (χ2v) is 4.97. The molecule has 0 atom stereocenters. The standard InChI is InChI=1S/C10H13NO5S/c11-17(15,16)9-7(4-2-6-12)3-1-5-8(9)10(13)14/h1,3,5,12H,2,4,6H2,(H,13,14)(H2,11,15,16). The fraction of sp³-hybridized carbons (Fsp3) is 0.300. The van der Waals surface area contributed by atoms with Crippen molar-refractivity contribution in [1.29, 1.82) is 0 Å². The molecule has 1 aromatic rings. The predicted molar refractivity (Wildman–Crippen MR) is 60.2 cm³/mol. The van der Waals surface area contributed by atoms with E-state index >= 15 is 0 Å². The van der Waals surface area contributed by atoms with E-state index in [1.54, 1.807) is 0 Å². The molecular weight excluding hydrogens is 246 g/mol. The average molecular weight is 259 g/mol. The van der Waals surface area contributed by atoms with Crippen LogP contribution in [0.1, 0.15) is 22.3 Å². The van der Waals surface area contributed by atoms with Crippen molar-refractivity contribution in [3.05, 3.63) is 29.3 Å². The Balaban J connectivity index is 3.40. The van der Waals surface area contributed by atoms with Crippen molar-refractivity contribution < 1.29 is 23.4 Å². The summed E-state index contributed by atoms with van der Waals surface area (Å²) in [5.41, 5.74) is -0.0376. The minimum absolute atomic E-state index is 0.110. The highest BCUT2D eigenvalue weighted by molar-refractivity contribution is 7.89. The number of rotatable bonds is 5. The SMILES string of the molecule is NS(=O)(=O)c1c(CCCO)cccc1C(=O)O. The van der Waals surface area contributed by atoms with Crippen LogP contribution in [0.4, 0.5) is 0 Å². The Morgan fingerprint density at radius 2 is 2.00 bits per heavy atom. The number of aliphatic hydroxyl groups is 1. The largest absolute Gasteiger partial charge is 0.478 e. The molecule has 0 radical (unpaired) electrons. The molecule has 0 aliphatic heterocycles. The van der Waals surface area contributed by atoms with Gasteiger partial charge in [0.2, 0.25) is 10.0 Å². The van der Waals surface area contributed by atoms with Crippen molar-refractivity contribution in [3.63, 3.8) is 0 Å². The van der Waals surface area contributed by atoms with Crippen LogP contribution in [0.5, 0.6) is 0 Å². The van der Waals surface area contributed by atoms with Crippen molar-refractivity contribution in [1.82, 2.24) is 0 Å². The summed E-state index contributed by atoms with van der Waals surface area (Å²) in [5, 5.41) is 22.6. The maximum Gasteiger partial charge on any atom is 0.337 e. The topological polar surface area (TPSA) is 118 Å². The van der Waals surface area contributed by atoms with Crippen molar-refractivity contribution >= 4 is 16.0 Å². The quantitative estimate of drug-likeness (QED) is 0.685. The second-order valence-electron chi connectivity index (χ2n) is 3.47. The molecule has 0 saturated carbocycles. The number of carboxylic acids is 1. The van der Waals surface area contributed by atoms with E-state index in [1.807, 2.05) is 0 Å². The van der Waals surface area contributed by atoms with Crippen molar-refractivity contribution in [3.8, 4) is 0 Å². The zero-order chi connectivity index (χ0) is 13.1. The third kappa shape index (κ3) is 3.26. The zero-order valence-electron chi connectivity index (χ0n) is 8.96. The fourth-order valence-electron chi connectivity index (χ4n) is 1.56. The monoisotopic (exact) mass is 259 g/mol. The first-order valence-electron chi connectivity index (χ1n) is 4.86. The highest BCUT2D eigenvalue weighted by Gasteiger charge is 2.22. The van der Waals surface area contributed by atoms with E-state index in [0.29, 0.717) is 12.0 Å². The van der Waals surface area contributed by atoms with Gasteiger partial charge in [0.15, 0.2) is 0 Å². The lowest BCUT2D eigenvalue weighted by Crippen LogP contribution is -2.19. The number of hydrogen-bond donors (Lipinski definition) is 3. The Hall–Kier alpha value is -1.44.